The Bertz CT molecular complexity index is 285. The number of rotatable bonds is 5. The van der Waals surface area contributed by atoms with Gasteiger partial charge in [0.1, 0.15) is 5.78 Å². The largest absolute Gasteiger partial charge is 0.330 e. The van der Waals surface area contributed by atoms with Gasteiger partial charge in [0, 0.05) is 24.7 Å². The Balaban J connectivity index is 2.49. The summed E-state index contributed by atoms with van der Waals surface area (Å²) in [5, 5.41) is 0. The monoisotopic (exact) mass is 192 g/mol. The molecule has 0 aliphatic rings. The van der Waals surface area contributed by atoms with Crippen LogP contribution in [0.15, 0.2) is 24.5 Å². The highest BCUT2D eigenvalue weighted by Gasteiger charge is 2.12. The van der Waals surface area contributed by atoms with Crippen LogP contribution < -0.4 is 5.73 Å². The van der Waals surface area contributed by atoms with Crippen molar-refractivity contribution in [3.05, 3.63) is 30.1 Å². The lowest BCUT2D eigenvalue weighted by Crippen LogP contribution is -2.17. The fraction of sp³-hybridized carbons (Fsp3) is 0.455. The SMILES string of the molecule is CC(CCN)C(=O)Cc1cccnc1. The zero-order valence-electron chi connectivity index (χ0n) is 8.44. The maximum Gasteiger partial charge on any atom is 0.140 e. The zero-order valence-corrected chi connectivity index (χ0v) is 8.44. The minimum absolute atomic E-state index is 0.0557. The molecule has 1 heterocycles. The molecule has 2 N–H and O–H groups in total. The minimum Gasteiger partial charge on any atom is -0.330 e. The second-order valence-electron chi connectivity index (χ2n) is 3.48. The highest BCUT2D eigenvalue weighted by molar-refractivity contribution is 5.82. The Morgan fingerprint density at radius 2 is 2.43 bits per heavy atom. The summed E-state index contributed by atoms with van der Waals surface area (Å²) in [5.41, 5.74) is 6.37. The van der Waals surface area contributed by atoms with Crippen LogP contribution in [0.3, 0.4) is 0 Å². The molecule has 1 atom stereocenters. The molecule has 0 radical (unpaired) electrons. The lowest BCUT2D eigenvalue weighted by molar-refractivity contribution is -0.121. The van der Waals surface area contributed by atoms with Crippen LogP contribution in [0.4, 0.5) is 0 Å². The van der Waals surface area contributed by atoms with E-state index in [4.69, 9.17) is 5.73 Å². The molecule has 0 amide bonds. The van der Waals surface area contributed by atoms with Gasteiger partial charge in [-0.1, -0.05) is 13.0 Å². The first kappa shape index (κ1) is 10.9. The van der Waals surface area contributed by atoms with E-state index in [1.165, 1.54) is 0 Å². The Hall–Kier alpha value is -1.22. The van der Waals surface area contributed by atoms with Gasteiger partial charge in [0.2, 0.25) is 0 Å². The van der Waals surface area contributed by atoms with Crippen LogP contribution in [-0.2, 0) is 11.2 Å². The summed E-state index contributed by atoms with van der Waals surface area (Å²) in [7, 11) is 0. The van der Waals surface area contributed by atoms with E-state index in [-0.39, 0.29) is 11.7 Å². The van der Waals surface area contributed by atoms with E-state index in [1.54, 1.807) is 12.4 Å². The average molecular weight is 192 g/mol. The highest BCUT2D eigenvalue weighted by atomic mass is 16.1. The maximum absolute atomic E-state index is 11.6. The lowest BCUT2D eigenvalue weighted by atomic mass is 9.97. The summed E-state index contributed by atoms with van der Waals surface area (Å²) in [6, 6.07) is 3.76. The smallest absolute Gasteiger partial charge is 0.140 e. The van der Waals surface area contributed by atoms with Gasteiger partial charge in [0.25, 0.3) is 0 Å². The van der Waals surface area contributed by atoms with Crippen LogP contribution in [0.5, 0.6) is 0 Å². The minimum atomic E-state index is 0.0557. The molecule has 1 aromatic heterocycles. The van der Waals surface area contributed by atoms with Crippen LogP contribution in [0.1, 0.15) is 18.9 Å². The van der Waals surface area contributed by atoms with Crippen molar-refractivity contribution in [2.75, 3.05) is 6.54 Å². The second kappa shape index (κ2) is 5.50. The van der Waals surface area contributed by atoms with Gasteiger partial charge in [-0.25, -0.2) is 0 Å². The van der Waals surface area contributed by atoms with Crippen molar-refractivity contribution in [2.24, 2.45) is 11.7 Å². The fourth-order valence-electron chi connectivity index (χ4n) is 1.29. The number of nitrogens with two attached hydrogens (primary N) is 1. The topological polar surface area (TPSA) is 56.0 Å². The number of carbonyl (C=O) groups excluding carboxylic acids is 1. The maximum atomic E-state index is 11.6. The van der Waals surface area contributed by atoms with E-state index < -0.39 is 0 Å². The molecule has 0 aliphatic carbocycles. The van der Waals surface area contributed by atoms with Crippen molar-refractivity contribution in [1.82, 2.24) is 4.98 Å². The van der Waals surface area contributed by atoms with E-state index in [9.17, 15) is 4.79 Å². The van der Waals surface area contributed by atoms with Crippen molar-refractivity contribution in [3.8, 4) is 0 Å². The number of ketones is 1. The van der Waals surface area contributed by atoms with E-state index in [2.05, 4.69) is 4.98 Å². The molecule has 0 saturated heterocycles. The molecule has 1 aromatic rings. The first-order valence-corrected chi connectivity index (χ1v) is 4.85. The molecule has 1 unspecified atom stereocenters. The third kappa shape index (κ3) is 3.26. The van der Waals surface area contributed by atoms with Gasteiger partial charge in [-0.05, 0) is 24.6 Å². The number of pyridine rings is 1. The number of nitrogens with zero attached hydrogens (tertiary/aromatic N) is 1. The third-order valence-electron chi connectivity index (χ3n) is 2.25. The van der Waals surface area contributed by atoms with Gasteiger partial charge in [0.15, 0.2) is 0 Å². The summed E-state index contributed by atoms with van der Waals surface area (Å²) < 4.78 is 0. The van der Waals surface area contributed by atoms with Gasteiger partial charge in [-0.2, -0.15) is 0 Å². The van der Waals surface area contributed by atoms with Crippen molar-refractivity contribution in [2.45, 2.75) is 19.8 Å². The number of aromatic nitrogens is 1. The first-order chi connectivity index (χ1) is 6.74. The van der Waals surface area contributed by atoms with Crippen LogP contribution in [0, 0.1) is 5.92 Å². The summed E-state index contributed by atoms with van der Waals surface area (Å²) >= 11 is 0. The Kier molecular flexibility index (Phi) is 4.26. The Morgan fingerprint density at radius 3 is 3.00 bits per heavy atom. The van der Waals surface area contributed by atoms with Crippen LogP contribution >= 0.6 is 0 Å². The molecule has 0 aromatic carbocycles. The molecular formula is C11H16N2O. The van der Waals surface area contributed by atoms with Crippen molar-refractivity contribution < 1.29 is 4.79 Å². The molecule has 1 rings (SSSR count). The molecule has 0 fully saturated rings. The van der Waals surface area contributed by atoms with E-state index >= 15 is 0 Å². The highest BCUT2D eigenvalue weighted by Crippen LogP contribution is 2.07. The third-order valence-corrected chi connectivity index (χ3v) is 2.25. The molecule has 76 valence electrons. The number of carbonyl (C=O) groups is 1. The molecule has 14 heavy (non-hydrogen) atoms. The Morgan fingerprint density at radius 1 is 1.64 bits per heavy atom. The summed E-state index contributed by atoms with van der Waals surface area (Å²) in [6.07, 6.45) is 4.67. The molecule has 0 saturated carbocycles. The van der Waals surface area contributed by atoms with Gasteiger partial charge in [0.05, 0.1) is 0 Å². The average Bonchev–Trinajstić information content (AvgIpc) is 2.19. The number of Topliss-reactive ketones (excluding diaryl/α,β-unsaturated/α-hetero) is 1. The molecule has 3 heteroatoms. The van der Waals surface area contributed by atoms with Gasteiger partial charge >= 0.3 is 0 Å². The fourth-order valence-corrected chi connectivity index (χ4v) is 1.29. The van der Waals surface area contributed by atoms with Crippen molar-refractivity contribution >= 4 is 5.78 Å². The van der Waals surface area contributed by atoms with Crippen LogP contribution in [-0.4, -0.2) is 17.3 Å². The van der Waals surface area contributed by atoms with E-state index in [1.807, 2.05) is 19.1 Å². The number of hydrogen-bond donors (Lipinski definition) is 1. The van der Waals surface area contributed by atoms with Gasteiger partial charge < -0.3 is 5.73 Å². The summed E-state index contributed by atoms with van der Waals surface area (Å²) in [6.45, 7) is 2.49. The van der Waals surface area contributed by atoms with Crippen molar-refractivity contribution in [1.29, 1.82) is 0 Å². The summed E-state index contributed by atoms with van der Waals surface area (Å²) in [4.78, 5) is 15.6. The molecule has 0 aliphatic heterocycles. The quantitative estimate of drug-likeness (QED) is 0.762. The van der Waals surface area contributed by atoms with Gasteiger partial charge in [-0.3, -0.25) is 9.78 Å². The lowest BCUT2D eigenvalue weighted by Gasteiger charge is -2.08. The summed E-state index contributed by atoms with van der Waals surface area (Å²) in [5.74, 6) is 0.295. The first-order valence-electron chi connectivity index (χ1n) is 4.85. The van der Waals surface area contributed by atoms with E-state index in [0.29, 0.717) is 13.0 Å². The predicted molar refractivity (Wildman–Crippen MR) is 55.8 cm³/mol. The molecule has 0 spiro atoms. The van der Waals surface area contributed by atoms with Crippen LogP contribution in [0.2, 0.25) is 0 Å². The zero-order chi connectivity index (χ0) is 10.4. The standard InChI is InChI=1S/C11H16N2O/c1-9(4-5-12)11(14)7-10-3-2-6-13-8-10/h2-3,6,8-9H,4-5,7,12H2,1H3. The normalized spacial score (nSPS) is 12.4. The number of hydrogen-bond acceptors (Lipinski definition) is 3. The molecule has 0 bridgehead atoms. The van der Waals surface area contributed by atoms with Crippen LogP contribution in [0.25, 0.3) is 0 Å². The van der Waals surface area contributed by atoms with Gasteiger partial charge in [-0.15, -0.1) is 0 Å². The second-order valence-corrected chi connectivity index (χ2v) is 3.48. The molecular weight excluding hydrogens is 176 g/mol. The van der Waals surface area contributed by atoms with E-state index in [0.717, 1.165) is 12.0 Å². The Labute approximate surface area is 84.3 Å². The molecule has 3 nitrogen and oxygen atoms in total. The predicted octanol–water partition coefficient (Wildman–Crippen LogP) is 1.18. The van der Waals surface area contributed by atoms with Crippen molar-refractivity contribution in [3.63, 3.8) is 0 Å².